The van der Waals surface area contributed by atoms with Crippen molar-refractivity contribution in [2.24, 2.45) is 0 Å². The Kier molecular flexibility index (Phi) is 6.84. The maximum atomic E-state index is 12.5. The summed E-state index contributed by atoms with van der Waals surface area (Å²) in [4.78, 5) is 13.6. The van der Waals surface area contributed by atoms with E-state index in [2.05, 4.69) is 21.2 Å². The second-order valence-corrected chi connectivity index (χ2v) is 6.83. The minimum Gasteiger partial charge on any atom is -0.497 e. The molecule has 2 N–H and O–H groups in total. The van der Waals surface area contributed by atoms with Crippen molar-refractivity contribution in [3.63, 3.8) is 0 Å². The molecule has 2 aromatic carbocycles. The van der Waals surface area contributed by atoms with Crippen LogP contribution in [0.3, 0.4) is 0 Å². The van der Waals surface area contributed by atoms with Gasteiger partial charge in [0.1, 0.15) is 18.0 Å². The molecule has 0 aliphatic carbocycles. The molecule has 0 fully saturated rings. The molecule has 1 amide bonds. The van der Waals surface area contributed by atoms with E-state index >= 15 is 0 Å². The lowest BCUT2D eigenvalue weighted by Gasteiger charge is -2.22. The van der Waals surface area contributed by atoms with E-state index in [1.54, 1.807) is 14.2 Å². The van der Waals surface area contributed by atoms with Gasteiger partial charge in [-0.1, -0.05) is 15.9 Å². The van der Waals surface area contributed by atoms with Crippen molar-refractivity contribution in [3.05, 3.63) is 52.5 Å². The minimum absolute atomic E-state index is 0.0210. The summed E-state index contributed by atoms with van der Waals surface area (Å²) >= 11 is 3.39. The van der Waals surface area contributed by atoms with Gasteiger partial charge in [-0.2, -0.15) is 0 Å². The molecule has 0 aromatic heterocycles. The first-order chi connectivity index (χ1) is 11.9. The van der Waals surface area contributed by atoms with Crippen molar-refractivity contribution in [1.29, 1.82) is 0 Å². The van der Waals surface area contributed by atoms with E-state index in [1.807, 2.05) is 56.4 Å². The highest BCUT2D eigenvalue weighted by Crippen LogP contribution is 2.23. The number of benzene rings is 2. The van der Waals surface area contributed by atoms with Gasteiger partial charge < -0.3 is 19.7 Å². The molecule has 1 unspecified atom stereocenters. The average molecular weight is 408 g/mol. The average Bonchev–Trinajstić information content (AvgIpc) is 2.63. The second kappa shape index (κ2) is 8.87. The predicted molar refractivity (Wildman–Crippen MR) is 102 cm³/mol. The van der Waals surface area contributed by atoms with Crippen molar-refractivity contribution in [2.75, 3.05) is 26.6 Å². The fraction of sp³-hybridized carbons (Fsp3) is 0.316. The van der Waals surface area contributed by atoms with Gasteiger partial charge in [-0.25, -0.2) is 0 Å². The summed E-state index contributed by atoms with van der Waals surface area (Å²) in [5.41, 5.74) is 1.82. The highest BCUT2D eigenvalue weighted by molar-refractivity contribution is 9.10. The Hall–Kier alpha value is -2.05. The van der Waals surface area contributed by atoms with Crippen molar-refractivity contribution >= 4 is 27.5 Å². The van der Waals surface area contributed by atoms with E-state index in [4.69, 9.17) is 9.47 Å². The number of quaternary nitrogens is 1. The van der Waals surface area contributed by atoms with Crippen molar-refractivity contribution < 1.29 is 19.2 Å². The SMILES string of the molecule is COc1ccc(C[NH+](C)[C@@H](C)C(=O)Nc2ccc(Br)cc2)c(OC)c1. The number of nitrogens with one attached hydrogen (secondary N) is 2. The Labute approximate surface area is 157 Å². The Bertz CT molecular complexity index is 719. The first-order valence-electron chi connectivity index (χ1n) is 8.04. The van der Waals surface area contributed by atoms with Crippen LogP contribution in [0.4, 0.5) is 5.69 Å². The van der Waals surface area contributed by atoms with Crippen LogP contribution < -0.4 is 19.7 Å². The molecule has 5 nitrogen and oxygen atoms in total. The monoisotopic (exact) mass is 407 g/mol. The quantitative estimate of drug-likeness (QED) is 0.741. The summed E-state index contributed by atoms with van der Waals surface area (Å²) in [5.74, 6) is 1.49. The lowest BCUT2D eigenvalue weighted by Crippen LogP contribution is -3.12. The van der Waals surface area contributed by atoms with Crippen LogP contribution in [0.25, 0.3) is 0 Å². The van der Waals surface area contributed by atoms with Crippen LogP contribution in [0.2, 0.25) is 0 Å². The largest absolute Gasteiger partial charge is 0.497 e. The summed E-state index contributed by atoms with van der Waals surface area (Å²) < 4.78 is 11.6. The van der Waals surface area contributed by atoms with Crippen molar-refractivity contribution in [3.8, 4) is 11.5 Å². The number of hydrogen-bond acceptors (Lipinski definition) is 3. The van der Waals surface area contributed by atoms with Gasteiger partial charge in [0.2, 0.25) is 0 Å². The molecular formula is C19H24BrN2O3+. The van der Waals surface area contributed by atoms with E-state index < -0.39 is 0 Å². The molecule has 0 aliphatic rings. The predicted octanol–water partition coefficient (Wildman–Crippen LogP) is 2.51. The van der Waals surface area contributed by atoms with Crippen molar-refractivity contribution in [1.82, 2.24) is 0 Å². The first kappa shape index (κ1) is 19.3. The van der Waals surface area contributed by atoms with E-state index in [9.17, 15) is 4.79 Å². The Balaban J connectivity index is 2.03. The van der Waals surface area contributed by atoms with Gasteiger partial charge in [0, 0.05) is 21.8 Å². The highest BCUT2D eigenvalue weighted by atomic mass is 79.9. The third kappa shape index (κ3) is 5.21. The van der Waals surface area contributed by atoms with E-state index in [0.717, 1.165) is 32.1 Å². The maximum Gasteiger partial charge on any atom is 0.282 e. The topological polar surface area (TPSA) is 52.0 Å². The Morgan fingerprint density at radius 3 is 2.44 bits per heavy atom. The van der Waals surface area contributed by atoms with Gasteiger partial charge >= 0.3 is 0 Å². The van der Waals surface area contributed by atoms with Crippen LogP contribution in [0, 0.1) is 0 Å². The fourth-order valence-corrected chi connectivity index (χ4v) is 2.72. The van der Waals surface area contributed by atoms with E-state index in [-0.39, 0.29) is 11.9 Å². The molecule has 0 bridgehead atoms. The number of hydrogen-bond donors (Lipinski definition) is 2. The molecule has 0 saturated heterocycles. The summed E-state index contributed by atoms with van der Waals surface area (Å²) in [7, 11) is 5.26. The van der Waals surface area contributed by atoms with Gasteiger partial charge in [0.15, 0.2) is 6.04 Å². The first-order valence-corrected chi connectivity index (χ1v) is 8.83. The number of rotatable bonds is 7. The van der Waals surface area contributed by atoms with Crippen LogP contribution in [0.15, 0.2) is 46.9 Å². The molecule has 0 radical (unpaired) electrons. The number of methoxy groups -OCH3 is 2. The normalized spacial score (nSPS) is 13.0. The van der Waals surface area contributed by atoms with E-state index in [0.29, 0.717) is 6.54 Å². The van der Waals surface area contributed by atoms with Crippen LogP contribution in [-0.4, -0.2) is 33.2 Å². The van der Waals surface area contributed by atoms with Gasteiger partial charge in [-0.3, -0.25) is 4.79 Å². The molecule has 2 atom stereocenters. The molecule has 0 heterocycles. The number of carbonyl (C=O) groups is 1. The third-order valence-corrected chi connectivity index (χ3v) is 4.74. The molecule has 0 saturated carbocycles. The summed E-state index contributed by atoms with van der Waals surface area (Å²) in [6.07, 6.45) is 0. The molecule has 0 aliphatic heterocycles. The number of amides is 1. The summed E-state index contributed by atoms with van der Waals surface area (Å²) in [6, 6.07) is 13.1. The smallest absolute Gasteiger partial charge is 0.282 e. The van der Waals surface area contributed by atoms with E-state index in [1.165, 1.54) is 0 Å². The van der Waals surface area contributed by atoms with Crippen molar-refractivity contribution in [2.45, 2.75) is 19.5 Å². The molecule has 134 valence electrons. The Morgan fingerprint density at radius 2 is 1.84 bits per heavy atom. The number of likely N-dealkylation sites (N-methyl/N-ethyl adjacent to an activating group) is 1. The molecule has 0 spiro atoms. The third-order valence-electron chi connectivity index (χ3n) is 4.21. The lowest BCUT2D eigenvalue weighted by atomic mass is 10.1. The zero-order chi connectivity index (χ0) is 18.4. The Morgan fingerprint density at radius 1 is 1.16 bits per heavy atom. The van der Waals surface area contributed by atoms with Crippen LogP contribution in [0.5, 0.6) is 11.5 Å². The number of anilines is 1. The fourth-order valence-electron chi connectivity index (χ4n) is 2.46. The van der Waals surface area contributed by atoms with Gasteiger partial charge in [-0.15, -0.1) is 0 Å². The number of carbonyl (C=O) groups excluding carboxylic acids is 1. The standard InChI is InChI=1S/C19H23BrN2O3/c1-13(19(23)21-16-8-6-15(20)7-9-16)22(2)12-14-5-10-17(24-3)11-18(14)25-4/h5-11,13H,12H2,1-4H3,(H,21,23)/p+1/t13-/m0/s1. The van der Waals surface area contributed by atoms with Gasteiger partial charge in [-0.05, 0) is 43.3 Å². The maximum absolute atomic E-state index is 12.5. The second-order valence-electron chi connectivity index (χ2n) is 5.92. The van der Waals surface area contributed by atoms with Crippen LogP contribution in [0.1, 0.15) is 12.5 Å². The number of halogens is 1. The van der Waals surface area contributed by atoms with Crippen LogP contribution in [-0.2, 0) is 11.3 Å². The molecule has 2 rings (SSSR count). The zero-order valence-electron chi connectivity index (χ0n) is 14.9. The highest BCUT2D eigenvalue weighted by Gasteiger charge is 2.23. The molecule has 2 aromatic rings. The zero-order valence-corrected chi connectivity index (χ0v) is 16.5. The molecular weight excluding hydrogens is 384 g/mol. The lowest BCUT2D eigenvalue weighted by molar-refractivity contribution is -0.907. The van der Waals surface area contributed by atoms with Crippen LogP contribution >= 0.6 is 15.9 Å². The minimum atomic E-state index is -0.213. The summed E-state index contributed by atoms with van der Waals surface area (Å²) in [6.45, 7) is 2.58. The summed E-state index contributed by atoms with van der Waals surface area (Å²) in [5, 5.41) is 2.95. The molecule has 6 heteroatoms. The molecule has 25 heavy (non-hydrogen) atoms. The van der Waals surface area contributed by atoms with Gasteiger partial charge in [0.05, 0.1) is 21.3 Å². The number of ether oxygens (including phenoxy) is 2. The van der Waals surface area contributed by atoms with Gasteiger partial charge in [0.25, 0.3) is 5.91 Å².